The molecule has 0 atom stereocenters. The fourth-order valence-electron chi connectivity index (χ4n) is 1.73. The number of thioether (sulfide) groups is 1. The molecule has 4 heteroatoms. The average Bonchev–Trinajstić information content (AvgIpc) is 2.94. The summed E-state index contributed by atoms with van der Waals surface area (Å²) in [5.74, 6) is 0. The first kappa shape index (κ1) is 10.7. The maximum absolute atomic E-state index is 10.6. The van der Waals surface area contributed by atoms with Crippen LogP contribution in [-0.2, 0) is 6.42 Å². The topological polar surface area (TPSA) is 29.4 Å². The second-order valence-corrected chi connectivity index (χ2v) is 6.18. The van der Waals surface area contributed by atoms with Crippen LogP contribution >= 0.6 is 23.1 Å². The van der Waals surface area contributed by atoms with Crippen molar-refractivity contribution >= 4 is 40.1 Å². The Hall–Kier alpha value is -1.39. The third-order valence-corrected chi connectivity index (χ3v) is 4.63. The zero-order valence-electron chi connectivity index (χ0n) is 8.92. The summed E-state index contributed by atoms with van der Waals surface area (Å²) in [6.45, 7) is 0. The second kappa shape index (κ2) is 4.47. The Labute approximate surface area is 107 Å². The van der Waals surface area contributed by atoms with Crippen molar-refractivity contribution in [1.29, 1.82) is 0 Å². The van der Waals surface area contributed by atoms with Crippen molar-refractivity contribution < 1.29 is 4.79 Å². The molecule has 0 spiro atoms. The number of para-hydroxylation sites is 1. The van der Waals surface area contributed by atoms with E-state index < -0.39 is 0 Å². The zero-order chi connectivity index (χ0) is 11.7. The third-order valence-electron chi connectivity index (χ3n) is 2.52. The van der Waals surface area contributed by atoms with Crippen LogP contribution in [0.2, 0.25) is 0 Å². The molecule has 0 aliphatic carbocycles. The highest BCUT2D eigenvalue weighted by Crippen LogP contribution is 2.35. The highest BCUT2D eigenvalue weighted by molar-refractivity contribution is 8.15. The lowest BCUT2D eigenvalue weighted by Crippen LogP contribution is -1.89. The number of thiophene rings is 1. The standard InChI is InChI=1S/C13H9NOS2/c15-8-10-5-6-13(16-10)17-12-7-9-3-1-2-4-11(9)14-12/h1-6,8H,7H2. The molecular formula is C13H9NOS2. The lowest BCUT2D eigenvalue weighted by atomic mass is 10.2. The molecule has 2 aromatic rings. The summed E-state index contributed by atoms with van der Waals surface area (Å²) >= 11 is 3.17. The Balaban J connectivity index is 1.79. The number of hydrogen-bond acceptors (Lipinski definition) is 4. The summed E-state index contributed by atoms with van der Waals surface area (Å²) in [6.07, 6.45) is 1.79. The maximum Gasteiger partial charge on any atom is 0.160 e. The van der Waals surface area contributed by atoms with Crippen molar-refractivity contribution in [1.82, 2.24) is 0 Å². The van der Waals surface area contributed by atoms with E-state index in [0.717, 1.165) is 32.5 Å². The predicted molar refractivity (Wildman–Crippen MR) is 72.8 cm³/mol. The van der Waals surface area contributed by atoms with Crippen molar-refractivity contribution in [3.05, 3.63) is 46.8 Å². The van der Waals surface area contributed by atoms with E-state index in [-0.39, 0.29) is 0 Å². The molecule has 84 valence electrons. The van der Waals surface area contributed by atoms with Gasteiger partial charge in [-0.15, -0.1) is 11.3 Å². The van der Waals surface area contributed by atoms with Gasteiger partial charge in [-0.3, -0.25) is 4.79 Å². The lowest BCUT2D eigenvalue weighted by molar-refractivity contribution is 0.112. The molecule has 17 heavy (non-hydrogen) atoms. The summed E-state index contributed by atoms with van der Waals surface area (Å²) in [5, 5.41) is 1.10. The number of aliphatic imine (C=N–C) groups is 1. The number of benzene rings is 1. The van der Waals surface area contributed by atoms with Gasteiger partial charge in [-0.1, -0.05) is 30.0 Å². The summed E-state index contributed by atoms with van der Waals surface area (Å²) in [5.41, 5.74) is 2.35. The maximum atomic E-state index is 10.6. The van der Waals surface area contributed by atoms with E-state index in [2.05, 4.69) is 11.1 Å². The molecule has 3 rings (SSSR count). The highest BCUT2D eigenvalue weighted by Gasteiger charge is 2.15. The Kier molecular flexibility index (Phi) is 2.82. The number of hydrogen-bond donors (Lipinski definition) is 0. The summed E-state index contributed by atoms with van der Waals surface area (Å²) in [6, 6.07) is 12.0. The molecule has 0 bridgehead atoms. The van der Waals surface area contributed by atoms with E-state index in [9.17, 15) is 4.79 Å². The first-order valence-electron chi connectivity index (χ1n) is 5.23. The van der Waals surface area contributed by atoms with E-state index in [1.54, 1.807) is 11.8 Å². The number of nitrogens with zero attached hydrogens (tertiary/aromatic N) is 1. The van der Waals surface area contributed by atoms with Gasteiger partial charge in [0.15, 0.2) is 6.29 Å². The van der Waals surface area contributed by atoms with Crippen LogP contribution in [-0.4, -0.2) is 11.3 Å². The van der Waals surface area contributed by atoms with Gasteiger partial charge >= 0.3 is 0 Å². The molecule has 0 unspecified atom stereocenters. The van der Waals surface area contributed by atoms with E-state index in [0.29, 0.717) is 0 Å². The first-order valence-corrected chi connectivity index (χ1v) is 6.87. The smallest absolute Gasteiger partial charge is 0.160 e. The molecule has 0 amide bonds. The van der Waals surface area contributed by atoms with Gasteiger partial charge in [0.2, 0.25) is 0 Å². The van der Waals surface area contributed by atoms with Gasteiger partial charge in [0.1, 0.15) is 0 Å². The predicted octanol–water partition coefficient (Wildman–Crippen LogP) is 3.94. The van der Waals surface area contributed by atoms with Crippen molar-refractivity contribution in [2.24, 2.45) is 4.99 Å². The molecule has 1 aliphatic rings. The number of carbonyl (C=O) groups is 1. The van der Waals surface area contributed by atoms with Gasteiger partial charge in [-0.25, -0.2) is 4.99 Å². The van der Waals surface area contributed by atoms with E-state index >= 15 is 0 Å². The van der Waals surface area contributed by atoms with Crippen molar-refractivity contribution in [2.75, 3.05) is 0 Å². The average molecular weight is 259 g/mol. The Morgan fingerprint density at radius 1 is 1.24 bits per heavy atom. The minimum Gasteiger partial charge on any atom is -0.297 e. The Morgan fingerprint density at radius 2 is 2.12 bits per heavy atom. The number of carbonyl (C=O) groups excluding carboxylic acids is 1. The quantitative estimate of drug-likeness (QED) is 0.764. The molecule has 1 aliphatic heterocycles. The van der Waals surface area contributed by atoms with Gasteiger partial charge in [0.05, 0.1) is 19.8 Å². The van der Waals surface area contributed by atoms with Crippen LogP contribution in [0.1, 0.15) is 15.2 Å². The van der Waals surface area contributed by atoms with E-state index in [1.807, 2.05) is 30.3 Å². The van der Waals surface area contributed by atoms with Gasteiger partial charge in [-0.2, -0.15) is 0 Å². The lowest BCUT2D eigenvalue weighted by Gasteiger charge is -1.95. The van der Waals surface area contributed by atoms with Gasteiger partial charge < -0.3 is 0 Å². The van der Waals surface area contributed by atoms with Crippen LogP contribution in [0.15, 0.2) is 45.6 Å². The van der Waals surface area contributed by atoms with Crippen LogP contribution in [0, 0.1) is 0 Å². The first-order chi connectivity index (χ1) is 8.35. The van der Waals surface area contributed by atoms with Crippen molar-refractivity contribution in [3.8, 4) is 0 Å². The van der Waals surface area contributed by atoms with E-state index in [4.69, 9.17) is 0 Å². The normalized spacial score (nSPS) is 13.3. The molecule has 2 nitrogen and oxygen atoms in total. The van der Waals surface area contributed by atoms with Crippen LogP contribution in [0.25, 0.3) is 0 Å². The largest absolute Gasteiger partial charge is 0.297 e. The monoisotopic (exact) mass is 259 g/mol. The zero-order valence-corrected chi connectivity index (χ0v) is 10.6. The second-order valence-electron chi connectivity index (χ2n) is 3.69. The minimum atomic E-state index is 0.767. The number of rotatable bonds is 2. The molecule has 0 saturated carbocycles. The fraction of sp³-hybridized carbons (Fsp3) is 0.0769. The summed E-state index contributed by atoms with van der Waals surface area (Å²) < 4.78 is 1.12. The highest BCUT2D eigenvalue weighted by atomic mass is 32.2. The Morgan fingerprint density at radius 3 is 2.88 bits per heavy atom. The SMILES string of the molecule is O=Cc1ccc(SC2=Nc3ccccc3C2)s1. The van der Waals surface area contributed by atoms with Crippen LogP contribution in [0.3, 0.4) is 0 Å². The minimum absolute atomic E-state index is 0.767. The summed E-state index contributed by atoms with van der Waals surface area (Å²) in [4.78, 5) is 16.0. The fourth-order valence-corrected chi connectivity index (χ4v) is 3.77. The van der Waals surface area contributed by atoms with Gasteiger partial charge in [0, 0.05) is 6.42 Å². The van der Waals surface area contributed by atoms with Gasteiger partial charge in [-0.05, 0) is 23.8 Å². The molecule has 2 heterocycles. The number of aldehydes is 1. The summed E-state index contributed by atoms with van der Waals surface area (Å²) in [7, 11) is 0. The van der Waals surface area contributed by atoms with Crippen LogP contribution in [0.4, 0.5) is 5.69 Å². The molecule has 0 N–H and O–H groups in total. The number of fused-ring (bicyclic) bond motifs is 1. The molecule has 0 saturated heterocycles. The van der Waals surface area contributed by atoms with Crippen LogP contribution < -0.4 is 0 Å². The molecular weight excluding hydrogens is 250 g/mol. The molecule has 1 aromatic heterocycles. The van der Waals surface area contributed by atoms with Crippen molar-refractivity contribution in [2.45, 2.75) is 10.6 Å². The third kappa shape index (κ3) is 2.18. The van der Waals surface area contributed by atoms with Gasteiger partial charge in [0.25, 0.3) is 0 Å². The van der Waals surface area contributed by atoms with E-state index in [1.165, 1.54) is 16.9 Å². The van der Waals surface area contributed by atoms with Crippen molar-refractivity contribution in [3.63, 3.8) is 0 Å². The molecule has 0 radical (unpaired) electrons. The van der Waals surface area contributed by atoms with Crippen LogP contribution in [0.5, 0.6) is 0 Å². The Bertz CT molecular complexity index is 601. The molecule has 1 aromatic carbocycles. The molecule has 0 fully saturated rings.